The largest absolute Gasteiger partial charge is 0.319 e. The Morgan fingerprint density at radius 2 is 1.89 bits per heavy atom. The van der Waals surface area contributed by atoms with Crippen LogP contribution in [0.4, 0.5) is 0 Å². The molecule has 0 saturated heterocycles. The van der Waals surface area contributed by atoms with E-state index in [9.17, 15) is 8.42 Å². The summed E-state index contributed by atoms with van der Waals surface area (Å²) in [6, 6.07) is 7.50. The highest BCUT2D eigenvalue weighted by Gasteiger charge is 2.45. The topological polar surface area (TPSA) is 46.2 Å². The fourth-order valence-corrected chi connectivity index (χ4v) is 5.43. The molecule has 1 aromatic carbocycles. The van der Waals surface area contributed by atoms with Gasteiger partial charge in [0.15, 0.2) is 9.84 Å². The number of fused-ring (bicyclic) bond motifs is 1. The van der Waals surface area contributed by atoms with E-state index in [1.165, 1.54) is 0 Å². The number of hydrogen-bond acceptors (Lipinski definition) is 3. The molecule has 0 amide bonds. The minimum Gasteiger partial charge on any atom is -0.319 e. The molecule has 0 radical (unpaired) electrons. The van der Waals surface area contributed by atoms with Crippen LogP contribution in [0.3, 0.4) is 0 Å². The zero-order valence-electron chi connectivity index (χ0n) is 11.9. The summed E-state index contributed by atoms with van der Waals surface area (Å²) in [5.74, 6) is 0.367. The first-order valence-electron chi connectivity index (χ1n) is 6.97. The first-order chi connectivity index (χ1) is 9.00. The lowest BCUT2D eigenvalue weighted by atomic mass is 9.69. The minimum absolute atomic E-state index is 0.0222. The van der Waals surface area contributed by atoms with Gasteiger partial charge in [-0.2, -0.15) is 0 Å². The van der Waals surface area contributed by atoms with Crippen LogP contribution in [0.5, 0.6) is 0 Å². The fraction of sp³-hybridized carbons (Fsp3) is 0.600. The van der Waals surface area contributed by atoms with Crippen molar-refractivity contribution < 1.29 is 8.42 Å². The summed E-state index contributed by atoms with van der Waals surface area (Å²) in [7, 11) is -1.16. The van der Waals surface area contributed by atoms with E-state index >= 15 is 0 Å². The average Bonchev–Trinajstić information content (AvgIpc) is 2.69. The van der Waals surface area contributed by atoms with Gasteiger partial charge < -0.3 is 5.32 Å². The predicted molar refractivity (Wildman–Crippen MR) is 78.2 cm³/mol. The Bertz CT molecular complexity index is 547. The second-order valence-corrected chi connectivity index (χ2v) is 7.47. The van der Waals surface area contributed by atoms with Gasteiger partial charge in [-0.05, 0) is 36.9 Å². The van der Waals surface area contributed by atoms with Gasteiger partial charge in [-0.3, -0.25) is 0 Å². The van der Waals surface area contributed by atoms with E-state index in [2.05, 4.69) is 19.2 Å². The van der Waals surface area contributed by atoms with Crippen LogP contribution in [0, 0.1) is 5.41 Å². The van der Waals surface area contributed by atoms with Gasteiger partial charge in [0.2, 0.25) is 0 Å². The molecule has 1 heterocycles. The number of sulfone groups is 1. The minimum atomic E-state index is -3.10. The van der Waals surface area contributed by atoms with Crippen LogP contribution in [0.1, 0.15) is 38.2 Å². The molecule has 1 unspecified atom stereocenters. The summed E-state index contributed by atoms with van der Waals surface area (Å²) in [6.45, 7) is 5.18. The first kappa shape index (κ1) is 14.5. The molecular formula is C15H23NO2S. The second kappa shape index (κ2) is 5.25. The SMILES string of the molecule is CCC(CC)(CNC)C1CS(=O)(=O)c2ccccc21. The number of benzene rings is 1. The normalized spacial score (nSPS) is 21.3. The van der Waals surface area contributed by atoms with Gasteiger partial charge in [0, 0.05) is 12.5 Å². The van der Waals surface area contributed by atoms with Crippen LogP contribution in [0.15, 0.2) is 29.2 Å². The van der Waals surface area contributed by atoms with Crippen LogP contribution in [-0.4, -0.2) is 27.8 Å². The molecule has 0 aromatic heterocycles. The molecule has 3 nitrogen and oxygen atoms in total. The van der Waals surface area contributed by atoms with Crippen molar-refractivity contribution in [2.75, 3.05) is 19.3 Å². The van der Waals surface area contributed by atoms with E-state index in [1.807, 2.05) is 25.2 Å². The van der Waals surface area contributed by atoms with Gasteiger partial charge in [0.1, 0.15) is 0 Å². The van der Waals surface area contributed by atoms with Crippen molar-refractivity contribution in [1.82, 2.24) is 5.32 Å². The van der Waals surface area contributed by atoms with Crippen molar-refractivity contribution in [3.05, 3.63) is 29.8 Å². The van der Waals surface area contributed by atoms with Crippen LogP contribution in [0.2, 0.25) is 0 Å². The molecule has 1 atom stereocenters. The van der Waals surface area contributed by atoms with E-state index in [4.69, 9.17) is 0 Å². The zero-order valence-corrected chi connectivity index (χ0v) is 12.8. The second-order valence-electron chi connectivity index (χ2n) is 5.47. The van der Waals surface area contributed by atoms with Gasteiger partial charge in [-0.15, -0.1) is 0 Å². The Morgan fingerprint density at radius 3 is 2.47 bits per heavy atom. The predicted octanol–water partition coefficient (Wildman–Crippen LogP) is 2.58. The highest BCUT2D eigenvalue weighted by atomic mass is 32.2. The molecule has 1 aromatic rings. The molecule has 19 heavy (non-hydrogen) atoms. The molecule has 0 spiro atoms. The van der Waals surface area contributed by atoms with E-state index in [0.29, 0.717) is 4.90 Å². The van der Waals surface area contributed by atoms with Gasteiger partial charge in [0.05, 0.1) is 10.6 Å². The van der Waals surface area contributed by atoms with Crippen molar-refractivity contribution in [3.63, 3.8) is 0 Å². The lowest BCUT2D eigenvalue weighted by molar-refractivity contribution is 0.210. The zero-order chi connectivity index (χ0) is 14.1. The molecular weight excluding hydrogens is 258 g/mol. The Balaban J connectivity index is 2.53. The standard InChI is InChI=1S/C15H23NO2S/c1-4-15(5-2,11-16-3)13-10-19(17,18)14-9-7-6-8-12(13)14/h6-9,13,16H,4-5,10-11H2,1-3H3. The molecule has 1 aliphatic heterocycles. The Morgan fingerprint density at radius 1 is 1.26 bits per heavy atom. The molecule has 0 saturated carbocycles. The smallest absolute Gasteiger partial charge is 0.179 e. The summed E-state index contributed by atoms with van der Waals surface area (Å²) in [5, 5.41) is 3.25. The van der Waals surface area contributed by atoms with Gasteiger partial charge in [0.25, 0.3) is 0 Å². The van der Waals surface area contributed by atoms with Crippen molar-refractivity contribution in [2.45, 2.75) is 37.5 Å². The van der Waals surface area contributed by atoms with Crippen molar-refractivity contribution in [2.24, 2.45) is 5.41 Å². The Labute approximate surface area is 116 Å². The van der Waals surface area contributed by atoms with Crippen molar-refractivity contribution in [3.8, 4) is 0 Å². The maximum absolute atomic E-state index is 12.3. The summed E-state index contributed by atoms with van der Waals surface area (Å²) >= 11 is 0. The van der Waals surface area contributed by atoms with E-state index in [-0.39, 0.29) is 17.1 Å². The molecule has 1 N–H and O–H groups in total. The number of rotatable bonds is 5. The lowest BCUT2D eigenvalue weighted by Crippen LogP contribution is -2.38. The molecule has 2 rings (SSSR count). The van der Waals surface area contributed by atoms with Gasteiger partial charge >= 0.3 is 0 Å². The maximum Gasteiger partial charge on any atom is 0.179 e. The highest BCUT2D eigenvalue weighted by molar-refractivity contribution is 7.91. The molecule has 0 aliphatic carbocycles. The summed E-state index contributed by atoms with van der Waals surface area (Å²) in [5.41, 5.74) is 1.04. The van der Waals surface area contributed by atoms with Crippen molar-refractivity contribution >= 4 is 9.84 Å². The maximum atomic E-state index is 12.3. The Hall–Kier alpha value is -0.870. The number of nitrogens with one attached hydrogen (secondary N) is 1. The highest BCUT2D eigenvalue weighted by Crippen LogP contribution is 2.48. The fourth-order valence-electron chi connectivity index (χ4n) is 3.43. The molecule has 1 aliphatic rings. The monoisotopic (exact) mass is 281 g/mol. The quantitative estimate of drug-likeness (QED) is 0.902. The number of hydrogen-bond donors (Lipinski definition) is 1. The Kier molecular flexibility index (Phi) is 4.02. The third kappa shape index (κ3) is 2.32. The molecule has 0 fully saturated rings. The van der Waals surface area contributed by atoms with Crippen LogP contribution >= 0.6 is 0 Å². The van der Waals surface area contributed by atoms with Crippen LogP contribution in [-0.2, 0) is 9.84 Å². The van der Waals surface area contributed by atoms with Crippen LogP contribution < -0.4 is 5.32 Å². The van der Waals surface area contributed by atoms with E-state index < -0.39 is 9.84 Å². The van der Waals surface area contributed by atoms with Gasteiger partial charge in [-0.1, -0.05) is 32.0 Å². The molecule has 0 bridgehead atoms. The van der Waals surface area contributed by atoms with E-state index in [0.717, 1.165) is 24.9 Å². The average molecular weight is 281 g/mol. The van der Waals surface area contributed by atoms with Crippen molar-refractivity contribution in [1.29, 1.82) is 0 Å². The third-order valence-electron chi connectivity index (χ3n) is 4.69. The molecule has 106 valence electrons. The summed E-state index contributed by atoms with van der Waals surface area (Å²) < 4.78 is 24.7. The summed E-state index contributed by atoms with van der Waals surface area (Å²) in [4.78, 5) is 0.544. The first-order valence-corrected chi connectivity index (χ1v) is 8.62. The third-order valence-corrected chi connectivity index (χ3v) is 6.51. The summed E-state index contributed by atoms with van der Waals surface area (Å²) in [6.07, 6.45) is 1.97. The van der Waals surface area contributed by atoms with Crippen LogP contribution in [0.25, 0.3) is 0 Å². The molecule has 4 heteroatoms. The van der Waals surface area contributed by atoms with Gasteiger partial charge in [-0.25, -0.2) is 8.42 Å². The van der Waals surface area contributed by atoms with E-state index in [1.54, 1.807) is 6.07 Å². The lowest BCUT2D eigenvalue weighted by Gasteiger charge is -2.37.